The Bertz CT molecular complexity index is 541. The van der Waals surface area contributed by atoms with E-state index in [4.69, 9.17) is 9.68 Å². The highest BCUT2D eigenvalue weighted by Gasteiger charge is 2.52. The average molecular weight is 263 g/mol. The maximum Gasteiger partial charge on any atom is 0.585 e. The molecule has 2 rings (SSSR count). The second kappa shape index (κ2) is 5.21. The van der Waals surface area contributed by atoms with Gasteiger partial charge in [-0.25, -0.2) is 0 Å². The minimum atomic E-state index is -0.715. The van der Waals surface area contributed by atoms with E-state index in [2.05, 4.69) is 0 Å². The Labute approximate surface area is 110 Å². The van der Waals surface area contributed by atoms with Gasteiger partial charge in [0.2, 0.25) is 6.41 Å². The van der Waals surface area contributed by atoms with Gasteiger partial charge in [0.15, 0.2) is 11.4 Å². The van der Waals surface area contributed by atoms with Crippen molar-refractivity contribution in [2.24, 2.45) is 0 Å². The lowest BCUT2D eigenvalue weighted by Gasteiger charge is -2.27. The van der Waals surface area contributed by atoms with Gasteiger partial charge in [-0.1, -0.05) is 19.1 Å². The van der Waals surface area contributed by atoms with Crippen LogP contribution in [0.5, 0.6) is 0 Å². The molecule has 1 N–H and O–H groups in total. The zero-order valence-corrected chi connectivity index (χ0v) is 10.8. The van der Waals surface area contributed by atoms with Crippen LogP contribution in [0.25, 0.3) is 6.08 Å². The number of amides is 2. The summed E-state index contributed by atoms with van der Waals surface area (Å²) in [7, 11) is 1.42. The molecular weight excluding hydrogens is 248 g/mol. The van der Waals surface area contributed by atoms with Gasteiger partial charge < -0.3 is 0 Å². The smallest absolute Gasteiger partial charge is 0.288 e. The third-order valence-electron chi connectivity index (χ3n) is 3.09. The first-order valence-electron chi connectivity index (χ1n) is 5.86. The van der Waals surface area contributed by atoms with E-state index in [-0.39, 0.29) is 0 Å². The number of hydrogen-bond acceptors (Lipinski definition) is 4. The molecule has 0 saturated carbocycles. The second-order valence-electron chi connectivity index (χ2n) is 3.94. The fourth-order valence-corrected chi connectivity index (χ4v) is 2.29. The quantitative estimate of drug-likeness (QED) is 0.513. The molecule has 0 saturated heterocycles. The van der Waals surface area contributed by atoms with E-state index in [0.29, 0.717) is 18.5 Å². The fraction of sp³-hybridized carbons (Fsp3) is 0.231. The Morgan fingerprint density at radius 1 is 1.42 bits per heavy atom. The van der Waals surface area contributed by atoms with Gasteiger partial charge in [0.1, 0.15) is 0 Å². The molecule has 1 atom stereocenters. The van der Waals surface area contributed by atoms with Gasteiger partial charge in [0.25, 0.3) is 0 Å². The molecule has 0 radical (unpaired) electrons. The summed E-state index contributed by atoms with van der Waals surface area (Å²) < 4.78 is -0.493. The third-order valence-corrected chi connectivity index (χ3v) is 3.09. The number of nitrogens with one attached hydrogen (secondary N) is 1. The summed E-state index contributed by atoms with van der Waals surface area (Å²) in [5.41, 5.74) is 4.20. The number of para-hydroxylation sites is 1. The Morgan fingerprint density at radius 3 is 2.79 bits per heavy atom. The minimum Gasteiger partial charge on any atom is -0.288 e. The van der Waals surface area contributed by atoms with Crippen molar-refractivity contribution >= 4 is 24.3 Å². The maximum absolute atomic E-state index is 12.3. The molecule has 2 amide bonds. The van der Waals surface area contributed by atoms with Crippen LogP contribution in [0.15, 0.2) is 30.0 Å². The first-order valence-corrected chi connectivity index (χ1v) is 5.86. The van der Waals surface area contributed by atoms with Crippen LogP contribution in [-0.2, 0) is 14.5 Å². The van der Waals surface area contributed by atoms with Crippen LogP contribution < -0.4 is 10.1 Å². The van der Waals surface area contributed by atoms with Gasteiger partial charge in [-0.15, -0.1) is 0 Å². The Hall–Kier alpha value is -2.18. The van der Waals surface area contributed by atoms with Gasteiger partial charge in [-0.2, -0.15) is 15.1 Å². The van der Waals surface area contributed by atoms with E-state index >= 15 is 0 Å². The highest BCUT2D eigenvalue weighted by atomic mass is 16.8. The lowest BCUT2D eigenvalue weighted by Crippen LogP contribution is -2.52. The first-order chi connectivity index (χ1) is 9.20. The molecule has 0 fully saturated rings. The van der Waals surface area contributed by atoms with Crippen molar-refractivity contribution in [2.45, 2.75) is 13.3 Å². The molecule has 6 heteroatoms. The molecule has 0 aliphatic carbocycles. The van der Waals surface area contributed by atoms with Crippen LogP contribution in [0, 0.1) is 0 Å². The summed E-state index contributed by atoms with van der Waals surface area (Å²) in [5, 5.41) is 0. The number of allylic oxidation sites excluding steroid dienone is 1. The zero-order chi connectivity index (χ0) is 13.9. The summed E-state index contributed by atoms with van der Waals surface area (Å²) in [5.74, 6) is 0. The highest BCUT2D eigenvalue weighted by molar-refractivity contribution is 5.92. The second-order valence-corrected chi connectivity index (χ2v) is 3.94. The van der Waals surface area contributed by atoms with E-state index in [0.717, 1.165) is 11.3 Å². The molecule has 1 aliphatic heterocycles. The van der Waals surface area contributed by atoms with Crippen LogP contribution in [-0.4, -0.2) is 19.6 Å². The number of benzene rings is 1. The van der Waals surface area contributed by atoms with Crippen molar-refractivity contribution in [3.8, 4) is 0 Å². The van der Waals surface area contributed by atoms with Gasteiger partial charge >= 0.3 is 6.09 Å². The molecule has 6 nitrogen and oxygen atoms in total. The minimum absolute atomic E-state index is 0.293. The molecule has 0 bridgehead atoms. The fourth-order valence-electron chi connectivity index (χ4n) is 2.29. The number of nitrogens with zero attached hydrogens (tertiary/aromatic N) is 1. The predicted octanol–water partition coefficient (Wildman–Crippen LogP) is 2.12. The van der Waals surface area contributed by atoms with Crippen molar-refractivity contribution in [3.63, 3.8) is 0 Å². The SMILES string of the molecule is CCC1=Cc2ccccc2[N@+]1(OC)C(=O)ONC=O. The standard InChI is InChI=1S/C13H14N2O4/c1-3-11-8-10-6-4-5-7-12(10)15(11,18-2)13(17)19-14-9-16/h4-9H,3H2,1-2H3/p+1/t15-/m0/s1. The molecule has 1 heterocycles. The zero-order valence-electron chi connectivity index (χ0n) is 10.8. The summed E-state index contributed by atoms with van der Waals surface area (Å²) in [6.07, 6.45) is 2.08. The molecule has 0 spiro atoms. The topological polar surface area (TPSA) is 64.6 Å². The summed E-state index contributed by atoms with van der Waals surface area (Å²) in [6, 6.07) is 7.38. The largest absolute Gasteiger partial charge is 0.585 e. The van der Waals surface area contributed by atoms with E-state index in [1.807, 2.05) is 36.7 Å². The van der Waals surface area contributed by atoms with Gasteiger partial charge in [0.05, 0.1) is 7.11 Å². The van der Waals surface area contributed by atoms with Gasteiger partial charge in [0, 0.05) is 24.1 Å². The lowest BCUT2D eigenvalue weighted by atomic mass is 10.2. The van der Waals surface area contributed by atoms with Crippen LogP contribution in [0.2, 0.25) is 0 Å². The number of carbonyl (C=O) groups excluding carboxylic acids is 2. The van der Waals surface area contributed by atoms with Crippen molar-refractivity contribution in [2.75, 3.05) is 7.11 Å². The number of hydroxylamine groups is 3. The first kappa shape index (κ1) is 13.3. The summed E-state index contributed by atoms with van der Waals surface area (Å²) >= 11 is 0. The van der Waals surface area contributed by atoms with E-state index in [9.17, 15) is 9.59 Å². The van der Waals surface area contributed by atoms with Crippen molar-refractivity contribution in [1.82, 2.24) is 10.1 Å². The van der Waals surface area contributed by atoms with Gasteiger partial charge in [-0.05, 0) is 10.7 Å². The van der Waals surface area contributed by atoms with Gasteiger partial charge in [-0.3, -0.25) is 9.63 Å². The number of quaternary nitrogens is 1. The molecule has 1 aliphatic rings. The number of carbonyl (C=O) groups is 2. The lowest BCUT2D eigenvalue weighted by molar-refractivity contribution is -0.122. The van der Waals surface area contributed by atoms with Crippen LogP contribution in [0.4, 0.5) is 10.5 Å². The molecule has 0 unspecified atom stereocenters. The molecule has 100 valence electrons. The molecule has 1 aromatic carbocycles. The molecular formula is C13H15N2O4+. The molecule has 0 aromatic heterocycles. The Kier molecular flexibility index (Phi) is 3.64. The Morgan fingerprint density at radius 2 is 2.16 bits per heavy atom. The van der Waals surface area contributed by atoms with E-state index < -0.39 is 10.7 Å². The average Bonchev–Trinajstić information content (AvgIpc) is 2.79. The molecule has 1 aromatic rings. The van der Waals surface area contributed by atoms with Crippen molar-refractivity contribution in [1.29, 1.82) is 0 Å². The molecule has 19 heavy (non-hydrogen) atoms. The van der Waals surface area contributed by atoms with E-state index in [1.54, 1.807) is 6.07 Å². The maximum atomic E-state index is 12.3. The summed E-state index contributed by atoms with van der Waals surface area (Å²) in [4.78, 5) is 32.6. The van der Waals surface area contributed by atoms with Crippen molar-refractivity contribution in [3.05, 3.63) is 35.5 Å². The van der Waals surface area contributed by atoms with Crippen LogP contribution >= 0.6 is 0 Å². The van der Waals surface area contributed by atoms with Crippen molar-refractivity contribution < 1.29 is 19.3 Å². The van der Waals surface area contributed by atoms with Crippen LogP contribution in [0.1, 0.15) is 18.9 Å². The predicted molar refractivity (Wildman–Crippen MR) is 69.2 cm³/mol. The normalized spacial score (nSPS) is 20.4. The number of fused-ring (bicyclic) bond motifs is 1. The number of hydrogen-bond donors (Lipinski definition) is 1. The summed E-state index contributed by atoms with van der Waals surface area (Å²) in [6.45, 7) is 1.92. The van der Waals surface area contributed by atoms with E-state index in [1.165, 1.54) is 7.11 Å². The van der Waals surface area contributed by atoms with Crippen LogP contribution in [0.3, 0.4) is 0 Å². The third kappa shape index (κ3) is 1.91. The highest BCUT2D eigenvalue weighted by Crippen LogP contribution is 2.42. The number of rotatable bonds is 4. The Balaban J connectivity index is 2.50. The monoisotopic (exact) mass is 263 g/mol.